The predicted molar refractivity (Wildman–Crippen MR) is 73.8 cm³/mol. The van der Waals surface area contributed by atoms with Crippen LogP contribution in [0.25, 0.3) is 0 Å². The Hall–Kier alpha value is -2.64. The number of ether oxygens (including phenoxy) is 2. The fourth-order valence-electron chi connectivity index (χ4n) is 1.52. The summed E-state index contributed by atoms with van der Waals surface area (Å²) < 4.78 is 10.3. The van der Waals surface area contributed by atoms with Crippen LogP contribution in [0, 0.1) is 10.1 Å². The van der Waals surface area contributed by atoms with Crippen molar-refractivity contribution < 1.29 is 24.0 Å². The third kappa shape index (κ3) is 3.91. The van der Waals surface area contributed by atoms with Crippen molar-refractivity contribution in [2.45, 2.75) is 6.92 Å². The summed E-state index contributed by atoms with van der Waals surface area (Å²) in [7, 11) is 2.95. The molecular weight excluding hydrogens is 280 g/mol. The van der Waals surface area contributed by atoms with Gasteiger partial charge in [0.15, 0.2) is 24.4 Å². The molecule has 1 aromatic rings. The number of hydrogen-bond acceptors (Lipinski definition) is 6. The van der Waals surface area contributed by atoms with Gasteiger partial charge in [0.2, 0.25) is 0 Å². The first kappa shape index (κ1) is 16.4. The van der Waals surface area contributed by atoms with Crippen LogP contribution in [-0.2, 0) is 4.79 Å². The normalized spacial score (nSPS) is 9.86. The molecule has 0 unspecified atom stereocenters. The van der Waals surface area contributed by atoms with Gasteiger partial charge in [-0.15, -0.1) is 0 Å². The van der Waals surface area contributed by atoms with Crippen molar-refractivity contribution in [3.05, 3.63) is 27.8 Å². The molecule has 0 aliphatic heterocycles. The number of nitro groups is 1. The van der Waals surface area contributed by atoms with Gasteiger partial charge in [0, 0.05) is 19.7 Å². The number of benzene rings is 1. The highest BCUT2D eigenvalue weighted by Gasteiger charge is 2.20. The summed E-state index contributed by atoms with van der Waals surface area (Å²) in [4.78, 5) is 34.1. The highest BCUT2D eigenvalue weighted by Crippen LogP contribution is 2.33. The molecule has 0 bridgehead atoms. The van der Waals surface area contributed by atoms with Crippen LogP contribution in [0.1, 0.15) is 17.3 Å². The third-order valence-corrected chi connectivity index (χ3v) is 2.89. The van der Waals surface area contributed by atoms with E-state index in [0.717, 1.165) is 6.07 Å². The molecule has 0 heterocycles. The molecule has 0 saturated carbocycles. The first-order valence-corrected chi connectivity index (χ1v) is 6.12. The van der Waals surface area contributed by atoms with Gasteiger partial charge in [0.1, 0.15) is 0 Å². The Kier molecular flexibility index (Phi) is 5.65. The molecule has 1 amide bonds. The highest BCUT2D eigenvalue weighted by molar-refractivity contribution is 5.83. The Morgan fingerprint density at radius 3 is 2.57 bits per heavy atom. The maximum Gasteiger partial charge on any atom is 0.283 e. The van der Waals surface area contributed by atoms with Crippen molar-refractivity contribution in [2.24, 2.45) is 0 Å². The maximum atomic E-state index is 11.7. The minimum absolute atomic E-state index is 0.0349. The topological polar surface area (TPSA) is 99.0 Å². The smallest absolute Gasteiger partial charge is 0.283 e. The summed E-state index contributed by atoms with van der Waals surface area (Å²) in [6.45, 7) is 2.05. The summed E-state index contributed by atoms with van der Waals surface area (Å²) in [6, 6.07) is 2.27. The fraction of sp³-hybridized carbons (Fsp3) is 0.385. The fourth-order valence-corrected chi connectivity index (χ4v) is 1.52. The Morgan fingerprint density at radius 1 is 1.43 bits per heavy atom. The van der Waals surface area contributed by atoms with Crippen LogP contribution in [-0.4, -0.2) is 49.3 Å². The number of hydrogen-bond donors (Lipinski definition) is 0. The molecule has 8 nitrogen and oxygen atoms in total. The SMILES string of the molecule is CCN(C)C(=O)COc1cc([N+](=O)[O-])c(C=O)cc1OC. The number of rotatable bonds is 7. The van der Waals surface area contributed by atoms with E-state index in [1.807, 2.05) is 6.92 Å². The van der Waals surface area contributed by atoms with Gasteiger partial charge in [-0.05, 0) is 6.92 Å². The van der Waals surface area contributed by atoms with E-state index >= 15 is 0 Å². The van der Waals surface area contributed by atoms with Crippen LogP contribution in [0.5, 0.6) is 11.5 Å². The summed E-state index contributed by atoms with van der Waals surface area (Å²) in [5.41, 5.74) is -0.529. The standard InChI is InChI=1S/C13H16N2O6/c1-4-14(2)13(17)8-21-12-6-10(15(18)19)9(7-16)5-11(12)20-3/h5-7H,4,8H2,1-3H3. The third-order valence-electron chi connectivity index (χ3n) is 2.89. The average Bonchev–Trinajstić information content (AvgIpc) is 2.50. The molecule has 0 atom stereocenters. The number of aldehydes is 1. The molecule has 0 aromatic heterocycles. The molecule has 0 radical (unpaired) electrons. The molecule has 0 saturated heterocycles. The zero-order valence-corrected chi connectivity index (χ0v) is 12.0. The van der Waals surface area contributed by atoms with E-state index in [9.17, 15) is 19.7 Å². The largest absolute Gasteiger partial charge is 0.493 e. The number of nitro benzene ring substituents is 1. The highest BCUT2D eigenvalue weighted by atomic mass is 16.6. The van der Waals surface area contributed by atoms with E-state index in [-0.39, 0.29) is 29.6 Å². The van der Waals surface area contributed by atoms with Gasteiger partial charge < -0.3 is 14.4 Å². The van der Waals surface area contributed by atoms with Crippen molar-refractivity contribution >= 4 is 17.9 Å². The lowest BCUT2D eigenvalue weighted by Crippen LogP contribution is -2.31. The number of amides is 1. The van der Waals surface area contributed by atoms with Gasteiger partial charge in [0.25, 0.3) is 11.6 Å². The Balaban J connectivity index is 3.05. The molecular formula is C13H16N2O6. The monoisotopic (exact) mass is 296 g/mol. The minimum atomic E-state index is -0.698. The Morgan fingerprint density at radius 2 is 2.10 bits per heavy atom. The molecule has 0 fully saturated rings. The summed E-state index contributed by atoms with van der Waals surface area (Å²) in [5.74, 6) is -0.0935. The van der Waals surface area contributed by atoms with Gasteiger partial charge in [-0.25, -0.2) is 0 Å². The Bertz CT molecular complexity index is 558. The van der Waals surface area contributed by atoms with Gasteiger partial charge >= 0.3 is 0 Å². The van der Waals surface area contributed by atoms with Crippen molar-refractivity contribution in [2.75, 3.05) is 27.3 Å². The lowest BCUT2D eigenvalue weighted by molar-refractivity contribution is -0.385. The number of methoxy groups -OCH3 is 1. The van der Waals surface area contributed by atoms with Crippen LogP contribution in [0.3, 0.4) is 0 Å². The maximum absolute atomic E-state index is 11.7. The van der Waals surface area contributed by atoms with Crippen molar-refractivity contribution in [3.8, 4) is 11.5 Å². The van der Waals surface area contributed by atoms with E-state index < -0.39 is 10.6 Å². The molecule has 114 valence electrons. The number of carbonyl (C=O) groups is 2. The van der Waals surface area contributed by atoms with Crippen LogP contribution >= 0.6 is 0 Å². The van der Waals surface area contributed by atoms with Gasteiger partial charge in [-0.2, -0.15) is 0 Å². The minimum Gasteiger partial charge on any atom is -0.493 e. The Labute approximate surface area is 121 Å². The molecule has 0 N–H and O–H groups in total. The molecule has 0 spiro atoms. The number of carbonyl (C=O) groups excluding carboxylic acids is 2. The van der Waals surface area contributed by atoms with Crippen molar-refractivity contribution in [1.82, 2.24) is 4.90 Å². The number of likely N-dealkylation sites (N-methyl/N-ethyl adjacent to an activating group) is 1. The second-order valence-corrected chi connectivity index (χ2v) is 4.13. The molecule has 1 aromatic carbocycles. The van der Waals surface area contributed by atoms with E-state index in [0.29, 0.717) is 12.8 Å². The quantitative estimate of drug-likeness (QED) is 0.427. The first-order valence-electron chi connectivity index (χ1n) is 6.12. The van der Waals surface area contributed by atoms with E-state index in [1.165, 1.54) is 18.1 Å². The van der Waals surface area contributed by atoms with Crippen LogP contribution < -0.4 is 9.47 Å². The second kappa shape index (κ2) is 7.22. The lowest BCUT2D eigenvalue weighted by Gasteiger charge is -2.16. The van der Waals surface area contributed by atoms with Crippen molar-refractivity contribution in [3.63, 3.8) is 0 Å². The number of nitrogens with zero attached hydrogens (tertiary/aromatic N) is 2. The molecule has 1 rings (SSSR count). The van der Waals surface area contributed by atoms with E-state index in [4.69, 9.17) is 9.47 Å². The molecule has 21 heavy (non-hydrogen) atoms. The summed E-state index contributed by atoms with van der Waals surface area (Å²) >= 11 is 0. The van der Waals surface area contributed by atoms with Gasteiger partial charge in [0.05, 0.1) is 23.7 Å². The van der Waals surface area contributed by atoms with Crippen LogP contribution in [0.4, 0.5) is 5.69 Å². The van der Waals surface area contributed by atoms with Gasteiger partial charge in [-0.3, -0.25) is 19.7 Å². The molecule has 0 aliphatic carbocycles. The molecule has 0 aliphatic rings. The average molecular weight is 296 g/mol. The van der Waals surface area contributed by atoms with E-state index in [2.05, 4.69) is 0 Å². The predicted octanol–water partition coefficient (Wildman–Crippen LogP) is 1.27. The van der Waals surface area contributed by atoms with Gasteiger partial charge in [-0.1, -0.05) is 0 Å². The summed E-state index contributed by atoms with van der Waals surface area (Å²) in [5, 5.41) is 10.9. The first-order chi connectivity index (χ1) is 9.94. The lowest BCUT2D eigenvalue weighted by atomic mass is 10.1. The zero-order chi connectivity index (χ0) is 16.0. The van der Waals surface area contributed by atoms with Crippen LogP contribution in [0.2, 0.25) is 0 Å². The van der Waals surface area contributed by atoms with Crippen molar-refractivity contribution in [1.29, 1.82) is 0 Å². The second-order valence-electron chi connectivity index (χ2n) is 4.13. The molecule has 8 heteroatoms. The zero-order valence-electron chi connectivity index (χ0n) is 12.0. The van der Waals surface area contributed by atoms with E-state index in [1.54, 1.807) is 7.05 Å². The van der Waals surface area contributed by atoms with Crippen LogP contribution in [0.15, 0.2) is 12.1 Å². The summed E-state index contributed by atoms with van der Waals surface area (Å²) in [6.07, 6.45) is 0.362.